The first kappa shape index (κ1) is 37.7. The lowest BCUT2D eigenvalue weighted by Gasteiger charge is -2.36. The fourth-order valence-electron chi connectivity index (χ4n) is 9.75. The molecule has 0 saturated carbocycles. The maximum atomic E-state index is 4.01. The van der Waals surface area contributed by atoms with Gasteiger partial charge in [-0.25, -0.2) is 0 Å². The second-order valence-electron chi connectivity index (χ2n) is 16.8. The predicted octanol–water partition coefficient (Wildman–Crippen LogP) is 17.5. The Balaban J connectivity index is 1.29. The van der Waals surface area contributed by atoms with E-state index in [4.69, 9.17) is 0 Å². The van der Waals surface area contributed by atoms with Crippen LogP contribution < -0.4 is 9.62 Å². The van der Waals surface area contributed by atoms with Crippen molar-refractivity contribution < 1.29 is 0 Å². The molecule has 1 aliphatic carbocycles. The molecule has 1 N–H and O–H groups in total. The summed E-state index contributed by atoms with van der Waals surface area (Å²) in [6.07, 6.45) is 6.87. The first-order valence-corrected chi connectivity index (χ1v) is 22.9. The molecule has 4 heteroatoms. The van der Waals surface area contributed by atoms with E-state index in [1.807, 2.05) is 11.3 Å². The zero-order chi connectivity index (χ0) is 41.4. The van der Waals surface area contributed by atoms with E-state index >= 15 is 0 Å². The second kappa shape index (κ2) is 15.0. The Morgan fingerprint density at radius 2 is 1.25 bits per heavy atom. The molecule has 0 saturated heterocycles. The van der Waals surface area contributed by atoms with Crippen LogP contribution >= 0.6 is 23.3 Å². The van der Waals surface area contributed by atoms with Gasteiger partial charge in [0.25, 0.3) is 0 Å². The van der Waals surface area contributed by atoms with E-state index < -0.39 is 0 Å². The van der Waals surface area contributed by atoms with Gasteiger partial charge in [0.2, 0.25) is 0 Å². The van der Waals surface area contributed by atoms with Crippen LogP contribution in [-0.4, -0.2) is 0 Å². The lowest BCUT2D eigenvalue weighted by atomic mass is 9.85. The van der Waals surface area contributed by atoms with Gasteiger partial charge < -0.3 is 9.62 Å². The molecule has 8 aromatic carbocycles. The van der Waals surface area contributed by atoms with Gasteiger partial charge in [-0.2, -0.15) is 0 Å². The highest BCUT2D eigenvalue weighted by molar-refractivity contribution is 8.01. The van der Waals surface area contributed by atoms with Crippen LogP contribution in [0.4, 0.5) is 22.7 Å². The predicted molar refractivity (Wildman–Crippen MR) is 267 cm³/mol. The number of aryl methyl sites for hydroxylation is 4. The van der Waals surface area contributed by atoms with Crippen LogP contribution in [-0.2, 0) is 0 Å². The average Bonchev–Trinajstić information content (AvgIpc) is 3.65. The number of allylic oxidation sites excluding steroid dienone is 4. The van der Waals surface area contributed by atoms with Crippen molar-refractivity contribution in [2.24, 2.45) is 0 Å². The second-order valence-corrected chi connectivity index (χ2v) is 18.7. The van der Waals surface area contributed by atoms with Crippen molar-refractivity contribution in [3.05, 3.63) is 191 Å². The van der Waals surface area contributed by atoms with Crippen molar-refractivity contribution in [3.8, 4) is 33.4 Å². The van der Waals surface area contributed by atoms with E-state index in [0.717, 1.165) is 24.2 Å². The van der Waals surface area contributed by atoms with E-state index in [-0.39, 0.29) is 0 Å². The standard InChI is InChI=1S/C57H46N2S2/c1-34-16-6-9-19-41(34)47-31-40(29-27-36(47)3)59-51-32-49-46-24-14-15-25-52(46)60-53(49)33-48(51)44-22-12-13-23-45(44)50-30-38(5)54(42-20-10-7-17-35(42)2)56(59)57(50)61-58-55-37(4)26-28-39-18-8-11-21-43(39)55/h7-15,17-33,58H,6,16H2,1-5H3. The third-order valence-corrected chi connectivity index (χ3v) is 15.0. The Kier molecular flexibility index (Phi) is 9.25. The van der Waals surface area contributed by atoms with Crippen LogP contribution in [0.25, 0.3) is 69.9 Å². The van der Waals surface area contributed by atoms with E-state index in [2.05, 4.69) is 202 Å². The Morgan fingerprint density at radius 3 is 2.07 bits per heavy atom. The van der Waals surface area contributed by atoms with Crippen molar-refractivity contribution in [3.63, 3.8) is 0 Å². The molecule has 2 nitrogen and oxygen atoms in total. The maximum absolute atomic E-state index is 4.01. The van der Waals surface area contributed by atoms with Gasteiger partial charge in [0.15, 0.2) is 0 Å². The summed E-state index contributed by atoms with van der Waals surface area (Å²) in [5.74, 6) is 0. The maximum Gasteiger partial charge on any atom is 0.0703 e. The molecule has 0 atom stereocenters. The van der Waals surface area contributed by atoms with Crippen LogP contribution in [0, 0.1) is 27.7 Å². The SMILES string of the molecule is CC1=C(c2cc(N3c4cc5c(cc4-c4ccccc4-c4cc(C)c(-c6ccccc6C)c3c4SNc3c(C)ccc4ccccc34)sc3ccccc35)ccc2C)C=CCC1. The Labute approximate surface area is 367 Å². The number of benzene rings is 8. The molecule has 61 heavy (non-hydrogen) atoms. The minimum absolute atomic E-state index is 1.08. The highest BCUT2D eigenvalue weighted by atomic mass is 32.2. The van der Waals surface area contributed by atoms with Gasteiger partial charge in [-0.15, -0.1) is 11.3 Å². The number of anilines is 4. The molecule has 1 aliphatic heterocycles. The summed E-state index contributed by atoms with van der Waals surface area (Å²) in [7, 11) is 0. The van der Waals surface area contributed by atoms with Crippen molar-refractivity contribution in [1.82, 2.24) is 0 Å². The third kappa shape index (κ3) is 6.23. The Morgan fingerprint density at radius 1 is 0.541 bits per heavy atom. The number of hydrogen-bond acceptors (Lipinski definition) is 4. The van der Waals surface area contributed by atoms with Crippen LogP contribution in [0.5, 0.6) is 0 Å². The summed E-state index contributed by atoms with van der Waals surface area (Å²) in [6.45, 7) is 11.4. The molecule has 0 spiro atoms. The molecule has 2 bridgehead atoms. The molecule has 1 aromatic heterocycles. The van der Waals surface area contributed by atoms with E-state index in [1.54, 1.807) is 11.9 Å². The van der Waals surface area contributed by atoms with Crippen LogP contribution in [0.3, 0.4) is 0 Å². The number of thiophene rings is 1. The molecule has 0 radical (unpaired) electrons. The summed E-state index contributed by atoms with van der Waals surface area (Å²) in [6, 6.07) is 54.7. The van der Waals surface area contributed by atoms with Gasteiger partial charge in [-0.05, 0) is 151 Å². The first-order chi connectivity index (χ1) is 29.8. The molecule has 0 fully saturated rings. The molecular formula is C57H46N2S2. The van der Waals surface area contributed by atoms with Crippen molar-refractivity contribution >= 4 is 82.6 Å². The van der Waals surface area contributed by atoms with Crippen LogP contribution in [0.15, 0.2) is 168 Å². The van der Waals surface area contributed by atoms with E-state index in [0.29, 0.717) is 0 Å². The molecular weight excluding hydrogens is 777 g/mol. The smallest absolute Gasteiger partial charge is 0.0703 e. The minimum atomic E-state index is 1.08. The lowest BCUT2D eigenvalue weighted by Crippen LogP contribution is -2.17. The lowest BCUT2D eigenvalue weighted by molar-refractivity contribution is 0.967. The van der Waals surface area contributed by atoms with Gasteiger partial charge >= 0.3 is 0 Å². The summed E-state index contributed by atoms with van der Waals surface area (Å²) in [5.41, 5.74) is 21.2. The van der Waals surface area contributed by atoms with Crippen LogP contribution in [0.1, 0.15) is 47.6 Å². The first-order valence-electron chi connectivity index (χ1n) is 21.3. The molecule has 0 unspecified atom stereocenters. The van der Waals surface area contributed by atoms with Gasteiger partial charge in [0, 0.05) is 47.9 Å². The molecule has 2 heterocycles. The molecule has 9 aromatic rings. The largest absolute Gasteiger partial charge is 0.325 e. The molecule has 11 rings (SSSR count). The highest BCUT2D eigenvalue weighted by Gasteiger charge is 2.33. The molecule has 2 aliphatic rings. The van der Waals surface area contributed by atoms with Gasteiger partial charge in [-0.1, -0.05) is 127 Å². The summed E-state index contributed by atoms with van der Waals surface area (Å²) in [4.78, 5) is 3.82. The van der Waals surface area contributed by atoms with Crippen molar-refractivity contribution in [1.29, 1.82) is 0 Å². The van der Waals surface area contributed by atoms with Crippen molar-refractivity contribution in [2.75, 3.05) is 9.62 Å². The summed E-state index contributed by atoms with van der Waals surface area (Å²) >= 11 is 3.64. The fraction of sp³-hybridized carbons (Fsp3) is 0.123. The monoisotopic (exact) mass is 822 g/mol. The zero-order valence-corrected chi connectivity index (χ0v) is 36.8. The Hall–Kier alpha value is -6.33. The topological polar surface area (TPSA) is 15.3 Å². The fourth-order valence-corrected chi connectivity index (χ4v) is 11.9. The number of nitrogens with one attached hydrogen (secondary N) is 1. The van der Waals surface area contributed by atoms with Gasteiger partial charge in [0.05, 0.1) is 22.0 Å². The number of fused-ring (bicyclic) bond motifs is 10. The van der Waals surface area contributed by atoms with Crippen molar-refractivity contribution in [2.45, 2.75) is 52.4 Å². The van der Waals surface area contributed by atoms with Gasteiger partial charge in [-0.3, -0.25) is 0 Å². The average molecular weight is 823 g/mol. The molecule has 296 valence electrons. The summed E-state index contributed by atoms with van der Waals surface area (Å²) < 4.78 is 6.62. The number of hydrogen-bond donors (Lipinski definition) is 1. The Bertz CT molecular complexity index is 3330. The minimum Gasteiger partial charge on any atom is -0.325 e. The van der Waals surface area contributed by atoms with E-state index in [9.17, 15) is 0 Å². The number of nitrogens with zero attached hydrogens (tertiary/aromatic N) is 1. The number of rotatable bonds is 6. The quantitative estimate of drug-likeness (QED) is 0.168. The zero-order valence-electron chi connectivity index (χ0n) is 35.2. The highest BCUT2D eigenvalue weighted by Crippen LogP contribution is 2.58. The van der Waals surface area contributed by atoms with E-state index in [1.165, 1.54) is 120 Å². The third-order valence-electron chi connectivity index (χ3n) is 12.9. The normalized spacial score (nSPS) is 13.4. The molecule has 0 amide bonds. The van der Waals surface area contributed by atoms with Crippen LogP contribution in [0.2, 0.25) is 0 Å². The summed E-state index contributed by atoms with van der Waals surface area (Å²) in [5, 5.41) is 5.03. The van der Waals surface area contributed by atoms with Gasteiger partial charge in [0.1, 0.15) is 0 Å².